The number of benzene rings is 1. The summed E-state index contributed by atoms with van der Waals surface area (Å²) < 4.78 is 11.0. The van der Waals surface area contributed by atoms with Gasteiger partial charge in [0.1, 0.15) is 11.5 Å². The maximum atomic E-state index is 8.94. The van der Waals surface area contributed by atoms with Gasteiger partial charge >= 0.3 is 0 Å². The summed E-state index contributed by atoms with van der Waals surface area (Å²) in [6, 6.07) is 2.03. The van der Waals surface area contributed by atoms with Gasteiger partial charge in [-0.25, -0.2) is 0 Å². The molecule has 1 aromatic rings. The van der Waals surface area contributed by atoms with Gasteiger partial charge in [0, 0.05) is 17.5 Å². The van der Waals surface area contributed by atoms with Crippen molar-refractivity contribution in [3.63, 3.8) is 0 Å². The molecule has 0 spiro atoms. The summed E-state index contributed by atoms with van der Waals surface area (Å²) in [5.41, 5.74) is 3.10. The Morgan fingerprint density at radius 3 is 2.26 bits per heavy atom. The van der Waals surface area contributed by atoms with Gasteiger partial charge in [-0.05, 0) is 31.0 Å². The van der Waals surface area contributed by atoms with Crippen LogP contribution in [0.15, 0.2) is 6.07 Å². The van der Waals surface area contributed by atoms with Gasteiger partial charge in [0.05, 0.1) is 21.0 Å². The Labute approximate surface area is 115 Å². The number of hydrogen-bond donors (Lipinski definition) is 2. The molecule has 1 rings (SSSR count). The summed E-state index contributed by atoms with van der Waals surface area (Å²) in [5, 5.41) is 11.9. The van der Waals surface area contributed by atoms with Gasteiger partial charge in [-0.2, -0.15) is 0 Å². The van der Waals surface area contributed by atoms with Gasteiger partial charge in [-0.15, -0.1) is 0 Å². The largest absolute Gasteiger partial charge is 0.496 e. The fourth-order valence-corrected chi connectivity index (χ4v) is 2.30. The molecular weight excluding hydrogens is 242 g/mol. The van der Waals surface area contributed by atoms with E-state index in [-0.39, 0.29) is 12.1 Å². The van der Waals surface area contributed by atoms with Gasteiger partial charge in [0.25, 0.3) is 0 Å². The van der Waals surface area contributed by atoms with Gasteiger partial charge in [0.15, 0.2) is 0 Å². The third kappa shape index (κ3) is 3.19. The Morgan fingerprint density at radius 1 is 1.16 bits per heavy atom. The zero-order valence-electron chi connectivity index (χ0n) is 12.8. The van der Waals surface area contributed by atoms with Crippen LogP contribution >= 0.6 is 0 Å². The highest BCUT2D eigenvalue weighted by Crippen LogP contribution is 2.39. The Kier molecular flexibility index (Phi) is 5.20. The predicted octanol–water partition coefficient (Wildman–Crippen LogP) is 2.14. The van der Waals surface area contributed by atoms with Crippen molar-refractivity contribution in [2.75, 3.05) is 27.5 Å². The number of methoxy groups -OCH3 is 2. The molecule has 0 amide bonds. The van der Waals surface area contributed by atoms with Crippen molar-refractivity contribution in [1.82, 2.24) is 5.32 Å². The van der Waals surface area contributed by atoms with Crippen LogP contribution in [0.5, 0.6) is 11.5 Å². The molecule has 0 unspecified atom stereocenters. The summed E-state index contributed by atoms with van der Waals surface area (Å²) in [4.78, 5) is 0. The average Bonchev–Trinajstić information content (AvgIpc) is 2.39. The fraction of sp³-hybridized carbons (Fsp3) is 0.600. The highest BCUT2D eigenvalue weighted by atomic mass is 16.5. The molecule has 1 aromatic carbocycles. The van der Waals surface area contributed by atoms with E-state index in [1.54, 1.807) is 14.2 Å². The Balaban J connectivity index is 3.36. The zero-order chi connectivity index (χ0) is 14.6. The van der Waals surface area contributed by atoms with Crippen molar-refractivity contribution in [2.45, 2.75) is 33.1 Å². The van der Waals surface area contributed by atoms with Crippen LogP contribution in [0.25, 0.3) is 0 Å². The molecule has 0 saturated heterocycles. The first kappa shape index (κ1) is 15.8. The molecule has 0 fully saturated rings. The van der Waals surface area contributed by atoms with Crippen molar-refractivity contribution in [1.29, 1.82) is 0 Å². The molecule has 108 valence electrons. The lowest BCUT2D eigenvalue weighted by Gasteiger charge is -2.29. The molecule has 0 saturated carbocycles. The minimum Gasteiger partial charge on any atom is -0.496 e. The second kappa shape index (κ2) is 6.26. The standard InChI is InChI=1S/C15H25NO3/c1-10-11(2)14(19-6)12(7-13(10)18-5)15(3,4)8-16-9-17/h7,16-17H,8-9H2,1-6H3. The molecule has 0 heterocycles. The number of aliphatic hydroxyl groups is 1. The smallest absolute Gasteiger partial charge is 0.126 e. The van der Waals surface area contributed by atoms with Crippen LogP contribution in [0.2, 0.25) is 0 Å². The number of rotatable bonds is 6. The molecule has 0 aliphatic rings. The van der Waals surface area contributed by atoms with Gasteiger partial charge in [-0.3, -0.25) is 5.32 Å². The second-order valence-electron chi connectivity index (χ2n) is 5.38. The number of hydrogen-bond acceptors (Lipinski definition) is 4. The van der Waals surface area contributed by atoms with E-state index in [1.165, 1.54) is 0 Å². The van der Waals surface area contributed by atoms with Gasteiger partial charge in [0.2, 0.25) is 0 Å². The van der Waals surface area contributed by atoms with Crippen molar-refractivity contribution < 1.29 is 14.6 Å². The lowest BCUT2D eigenvalue weighted by Crippen LogP contribution is -2.34. The van der Waals surface area contributed by atoms with Gasteiger partial charge < -0.3 is 14.6 Å². The molecule has 0 atom stereocenters. The summed E-state index contributed by atoms with van der Waals surface area (Å²) in [7, 11) is 3.37. The molecule has 4 heteroatoms. The van der Waals surface area contributed by atoms with E-state index in [4.69, 9.17) is 14.6 Å². The molecule has 0 aliphatic carbocycles. The summed E-state index contributed by atoms with van der Waals surface area (Å²) in [6.07, 6.45) is 0. The lowest BCUT2D eigenvalue weighted by molar-refractivity contribution is 0.246. The molecule has 2 N–H and O–H groups in total. The van der Waals surface area contributed by atoms with E-state index in [0.29, 0.717) is 6.54 Å². The molecule has 4 nitrogen and oxygen atoms in total. The first-order valence-corrected chi connectivity index (χ1v) is 6.43. The van der Waals surface area contributed by atoms with E-state index in [1.807, 2.05) is 19.9 Å². The average molecular weight is 267 g/mol. The van der Waals surface area contributed by atoms with Crippen molar-refractivity contribution >= 4 is 0 Å². The molecule has 0 radical (unpaired) electrons. The molecular formula is C15H25NO3. The van der Waals surface area contributed by atoms with Crippen LogP contribution in [0, 0.1) is 13.8 Å². The molecule has 0 aliphatic heterocycles. The van der Waals surface area contributed by atoms with Crippen LogP contribution in [-0.4, -0.2) is 32.6 Å². The monoisotopic (exact) mass is 267 g/mol. The number of nitrogens with one attached hydrogen (secondary N) is 1. The van der Waals surface area contributed by atoms with E-state index >= 15 is 0 Å². The van der Waals surface area contributed by atoms with Crippen molar-refractivity contribution in [2.24, 2.45) is 0 Å². The third-order valence-corrected chi connectivity index (χ3v) is 3.62. The van der Waals surface area contributed by atoms with Gasteiger partial charge in [-0.1, -0.05) is 13.8 Å². The zero-order valence-corrected chi connectivity index (χ0v) is 12.8. The molecule has 0 bridgehead atoms. The topological polar surface area (TPSA) is 50.7 Å². The van der Waals surface area contributed by atoms with E-state index in [0.717, 1.165) is 28.2 Å². The quantitative estimate of drug-likeness (QED) is 0.775. The summed E-state index contributed by atoms with van der Waals surface area (Å²) in [6.45, 7) is 8.91. The molecule has 19 heavy (non-hydrogen) atoms. The minimum absolute atomic E-state index is 0.0340. The SMILES string of the molecule is COc1cc(C(C)(C)CNCO)c(OC)c(C)c1C. The van der Waals surface area contributed by atoms with E-state index in [2.05, 4.69) is 19.2 Å². The van der Waals surface area contributed by atoms with E-state index in [9.17, 15) is 0 Å². The Bertz CT molecular complexity index is 442. The second-order valence-corrected chi connectivity index (χ2v) is 5.38. The third-order valence-electron chi connectivity index (χ3n) is 3.62. The Hall–Kier alpha value is -1.26. The highest BCUT2D eigenvalue weighted by molar-refractivity contribution is 5.55. The first-order valence-electron chi connectivity index (χ1n) is 6.43. The summed E-state index contributed by atoms with van der Waals surface area (Å²) in [5.74, 6) is 1.76. The predicted molar refractivity (Wildman–Crippen MR) is 77.1 cm³/mol. The number of ether oxygens (including phenoxy) is 2. The minimum atomic E-state index is -0.167. The molecule has 0 aromatic heterocycles. The lowest BCUT2D eigenvalue weighted by atomic mass is 9.82. The summed E-state index contributed by atoms with van der Waals surface area (Å²) >= 11 is 0. The van der Waals surface area contributed by atoms with E-state index < -0.39 is 0 Å². The first-order chi connectivity index (χ1) is 8.88. The normalized spacial score (nSPS) is 11.5. The Morgan fingerprint density at radius 2 is 1.79 bits per heavy atom. The fourth-order valence-electron chi connectivity index (χ4n) is 2.30. The van der Waals surface area contributed by atoms with Crippen molar-refractivity contribution in [3.05, 3.63) is 22.8 Å². The van der Waals surface area contributed by atoms with Crippen molar-refractivity contribution in [3.8, 4) is 11.5 Å². The van der Waals surface area contributed by atoms with Crippen LogP contribution < -0.4 is 14.8 Å². The van der Waals surface area contributed by atoms with Crippen LogP contribution in [0.4, 0.5) is 0 Å². The highest BCUT2D eigenvalue weighted by Gasteiger charge is 2.27. The van der Waals surface area contributed by atoms with Crippen LogP contribution in [0.3, 0.4) is 0 Å². The maximum absolute atomic E-state index is 8.94. The van der Waals surface area contributed by atoms with Crippen LogP contribution in [-0.2, 0) is 5.41 Å². The number of aliphatic hydroxyl groups excluding tert-OH is 1. The maximum Gasteiger partial charge on any atom is 0.126 e. The van der Waals surface area contributed by atoms with Crippen LogP contribution in [0.1, 0.15) is 30.5 Å².